The summed E-state index contributed by atoms with van der Waals surface area (Å²) in [7, 11) is 1.71. The second kappa shape index (κ2) is 7.02. The summed E-state index contributed by atoms with van der Waals surface area (Å²) in [5, 5.41) is 0. The lowest BCUT2D eigenvalue weighted by Crippen LogP contribution is -2.38. The van der Waals surface area contributed by atoms with Gasteiger partial charge < -0.3 is 4.74 Å². The Morgan fingerprint density at radius 2 is 1.94 bits per heavy atom. The molecule has 0 N–H and O–H groups in total. The van der Waals surface area contributed by atoms with Gasteiger partial charge in [-0.2, -0.15) is 0 Å². The Bertz CT molecular complexity index is 208. The average molecular weight is 229 g/mol. The van der Waals surface area contributed by atoms with Gasteiger partial charge in [-0.15, -0.1) is 0 Å². The summed E-state index contributed by atoms with van der Waals surface area (Å²) in [6, 6.07) is 0.378. The van der Waals surface area contributed by atoms with E-state index in [2.05, 4.69) is 18.7 Å². The summed E-state index contributed by atoms with van der Waals surface area (Å²) < 4.78 is 5.13. The molecule has 0 spiro atoms. The maximum absolute atomic E-state index is 11.8. The molecule has 0 heterocycles. The lowest BCUT2D eigenvalue weighted by molar-refractivity contribution is -0.126. The molecule has 0 saturated heterocycles. The zero-order chi connectivity index (χ0) is 12.8. The molecule has 0 aromatic carbocycles. The number of hydrogen-bond acceptors (Lipinski definition) is 3. The van der Waals surface area contributed by atoms with Crippen molar-refractivity contribution in [2.75, 3.05) is 26.8 Å². The fraction of sp³-hybridized carbons (Fsp3) is 0.923. The van der Waals surface area contributed by atoms with Crippen molar-refractivity contribution in [3.05, 3.63) is 0 Å². The molecule has 0 amide bonds. The van der Waals surface area contributed by atoms with Gasteiger partial charge in [0.2, 0.25) is 0 Å². The molecule has 0 aliphatic carbocycles. The van der Waals surface area contributed by atoms with E-state index >= 15 is 0 Å². The molecule has 16 heavy (non-hydrogen) atoms. The van der Waals surface area contributed by atoms with Crippen LogP contribution in [-0.2, 0) is 9.53 Å². The standard InChI is InChI=1S/C13H27NO2/c1-7-14(11(2)10-16-6)9-8-12(15)13(3,4)5/h11H,7-10H2,1-6H3. The lowest BCUT2D eigenvalue weighted by atomic mass is 9.89. The minimum Gasteiger partial charge on any atom is -0.383 e. The summed E-state index contributed by atoms with van der Waals surface area (Å²) in [6.45, 7) is 12.7. The van der Waals surface area contributed by atoms with Gasteiger partial charge in [0.15, 0.2) is 0 Å². The van der Waals surface area contributed by atoms with Gasteiger partial charge in [-0.05, 0) is 13.5 Å². The van der Waals surface area contributed by atoms with E-state index in [9.17, 15) is 4.79 Å². The molecule has 96 valence electrons. The first kappa shape index (κ1) is 15.6. The van der Waals surface area contributed by atoms with Crippen molar-refractivity contribution in [3.8, 4) is 0 Å². The molecule has 0 bridgehead atoms. The van der Waals surface area contributed by atoms with Crippen LogP contribution in [0.5, 0.6) is 0 Å². The number of ketones is 1. The quantitative estimate of drug-likeness (QED) is 0.671. The van der Waals surface area contributed by atoms with Crippen molar-refractivity contribution in [2.24, 2.45) is 5.41 Å². The van der Waals surface area contributed by atoms with E-state index in [1.165, 1.54) is 0 Å². The van der Waals surface area contributed by atoms with Gasteiger partial charge in [0.25, 0.3) is 0 Å². The molecule has 0 aromatic heterocycles. The predicted octanol–water partition coefficient (Wildman–Crippen LogP) is 2.35. The minimum atomic E-state index is -0.218. The molecule has 0 aliphatic rings. The Morgan fingerprint density at radius 1 is 1.38 bits per heavy atom. The van der Waals surface area contributed by atoms with E-state index in [4.69, 9.17) is 4.74 Å². The van der Waals surface area contributed by atoms with Gasteiger partial charge in [0.1, 0.15) is 5.78 Å². The normalized spacial score (nSPS) is 14.2. The summed E-state index contributed by atoms with van der Waals surface area (Å²) in [5.41, 5.74) is -0.218. The Balaban J connectivity index is 4.10. The first-order chi connectivity index (χ1) is 7.32. The highest BCUT2D eigenvalue weighted by atomic mass is 16.5. The van der Waals surface area contributed by atoms with Crippen molar-refractivity contribution < 1.29 is 9.53 Å². The molecular weight excluding hydrogens is 202 g/mol. The van der Waals surface area contributed by atoms with Gasteiger partial charge in [0.05, 0.1) is 6.61 Å². The highest BCUT2D eigenvalue weighted by molar-refractivity contribution is 5.83. The SMILES string of the molecule is CCN(CCC(=O)C(C)(C)C)C(C)COC. The summed E-state index contributed by atoms with van der Waals surface area (Å²) in [4.78, 5) is 14.1. The van der Waals surface area contributed by atoms with Crippen LogP contribution in [0.15, 0.2) is 0 Å². The first-order valence-electron chi connectivity index (χ1n) is 6.09. The predicted molar refractivity (Wildman–Crippen MR) is 67.7 cm³/mol. The summed E-state index contributed by atoms with van der Waals surface area (Å²) >= 11 is 0. The molecule has 0 saturated carbocycles. The number of rotatable bonds is 7. The van der Waals surface area contributed by atoms with Crippen LogP contribution in [0.4, 0.5) is 0 Å². The maximum Gasteiger partial charge on any atom is 0.139 e. The van der Waals surface area contributed by atoms with Crippen LogP contribution >= 0.6 is 0 Å². The van der Waals surface area contributed by atoms with E-state index in [0.29, 0.717) is 18.2 Å². The molecule has 0 aliphatic heterocycles. The smallest absolute Gasteiger partial charge is 0.139 e. The zero-order valence-corrected chi connectivity index (χ0v) is 11.7. The van der Waals surface area contributed by atoms with Gasteiger partial charge >= 0.3 is 0 Å². The molecule has 0 aromatic rings. The average Bonchev–Trinajstić information content (AvgIpc) is 2.17. The van der Waals surface area contributed by atoms with Crippen LogP contribution in [0.2, 0.25) is 0 Å². The molecule has 0 fully saturated rings. The Hall–Kier alpha value is -0.410. The van der Waals surface area contributed by atoms with E-state index in [1.54, 1.807) is 7.11 Å². The number of carbonyl (C=O) groups is 1. The van der Waals surface area contributed by atoms with E-state index in [0.717, 1.165) is 19.7 Å². The molecular formula is C13H27NO2. The second-order valence-electron chi connectivity index (χ2n) is 5.36. The van der Waals surface area contributed by atoms with E-state index < -0.39 is 0 Å². The van der Waals surface area contributed by atoms with Crippen LogP contribution in [0.3, 0.4) is 0 Å². The molecule has 0 rings (SSSR count). The van der Waals surface area contributed by atoms with Gasteiger partial charge in [-0.3, -0.25) is 9.69 Å². The fourth-order valence-corrected chi connectivity index (χ4v) is 1.66. The van der Waals surface area contributed by atoms with Gasteiger partial charge in [-0.25, -0.2) is 0 Å². The second-order valence-corrected chi connectivity index (χ2v) is 5.36. The molecule has 1 unspecified atom stereocenters. The molecule has 0 radical (unpaired) electrons. The van der Waals surface area contributed by atoms with Crippen molar-refractivity contribution in [2.45, 2.75) is 47.1 Å². The topological polar surface area (TPSA) is 29.5 Å². The Kier molecular flexibility index (Phi) is 6.84. The fourth-order valence-electron chi connectivity index (χ4n) is 1.66. The number of likely N-dealkylation sites (N-methyl/N-ethyl adjacent to an activating group) is 1. The van der Waals surface area contributed by atoms with Gasteiger partial charge in [-0.1, -0.05) is 27.7 Å². The highest BCUT2D eigenvalue weighted by Crippen LogP contribution is 2.17. The molecule has 1 atom stereocenters. The van der Waals surface area contributed by atoms with Crippen molar-refractivity contribution in [3.63, 3.8) is 0 Å². The zero-order valence-electron chi connectivity index (χ0n) is 11.7. The largest absolute Gasteiger partial charge is 0.383 e. The van der Waals surface area contributed by atoms with Crippen LogP contribution < -0.4 is 0 Å². The van der Waals surface area contributed by atoms with E-state index in [1.807, 2.05) is 20.8 Å². The Morgan fingerprint density at radius 3 is 2.31 bits per heavy atom. The number of Topliss-reactive ketones (excluding diaryl/α,β-unsaturated/α-hetero) is 1. The first-order valence-corrected chi connectivity index (χ1v) is 6.09. The van der Waals surface area contributed by atoms with Crippen LogP contribution in [0.25, 0.3) is 0 Å². The number of ether oxygens (including phenoxy) is 1. The number of carbonyl (C=O) groups excluding carboxylic acids is 1. The van der Waals surface area contributed by atoms with Gasteiger partial charge in [0, 0.05) is 31.5 Å². The monoisotopic (exact) mass is 229 g/mol. The van der Waals surface area contributed by atoms with Crippen LogP contribution in [0.1, 0.15) is 41.0 Å². The Labute approximate surface area is 100 Å². The number of hydrogen-bond donors (Lipinski definition) is 0. The lowest BCUT2D eigenvalue weighted by Gasteiger charge is -2.28. The van der Waals surface area contributed by atoms with Crippen molar-refractivity contribution in [1.82, 2.24) is 4.90 Å². The van der Waals surface area contributed by atoms with Crippen LogP contribution in [0, 0.1) is 5.41 Å². The highest BCUT2D eigenvalue weighted by Gasteiger charge is 2.22. The molecule has 3 nitrogen and oxygen atoms in total. The van der Waals surface area contributed by atoms with Crippen LogP contribution in [-0.4, -0.2) is 43.5 Å². The number of methoxy groups -OCH3 is 1. The minimum absolute atomic E-state index is 0.218. The summed E-state index contributed by atoms with van der Waals surface area (Å²) in [6.07, 6.45) is 0.630. The molecule has 3 heteroatoms. The number of nitrogens with zero attached hydrogens (tertiary/aromatic N) is 1. The third kappa shape index (κ3) is 5.61. The summed E-state index contributed by atoms with van der Waals surface area (Å²) in [5.74, 6) is 0.329. The van der Waals surface area contributed by atoms with Crippen molar-refractivity contribution >= 4 is 5.78 Å². The third-order valence-corrected chi connectivity index (χ3v) is 2.90. The maximum atomic E-state index is 11.8. The van der Waals surface area contributed by atoms with E-state index in [-0.39, 0.29) is 5.41 Å². The third-order valence-electron chi connectivity index (χ3n) is 2.90. The van der Waals surface area contributed by atoms with Crippen molar-refractivity contribution in [1.29, 1.82) is 0 Å².